The van der Waals surface area contributed by atoms with Gasteiger partial charge in [0.1, 0.15) is 23.3 Å². The summed E-state index contributed by atoms with van der Waals surface area (Å²) in [6, 6.07) is 14.9. The molecule has 4 heterocycles. The summed E-state index contributed by atoms with van der Waals surface area (Å²) in [6.45, 7) is 9.93. The molecule has 2 saturated heterocycles. The molecule has 61 heavy (non-hydrogen) atoms. The molecule has 3 aliphatic carbocycles. The lowest BCUT2D eigenvalue weighted by molar-refractivity contribution is -0.135. The van der Waals surface area contributed by atoms with Gasteiger partial charge < -0.3 is 29.7 Å². The number of nitrogens with one attached hydrogen (secondary N) is 3. The molecule has 3 aromatic carbocycles. The number of H-pyrrole nitrogens is 2. The number of fused-ring (bicyclic) bond motifs is 6. The number of ether oxygens (including phenoxy) is 2. The molecule has 2 aliphatic heterocycles. The van der Waals surface area contributed by atoms with Gasteiger partial charge in [0, 0.05) is 29.3 Å². The Balaban J connectivity index is 0.901. The second-order valence-electron chi connectivity index (χ2n) is 19.2. The van der Waals surface area contributed by atoms with Gasteiger partial charge >= 0.3 is 12.2 Å². The number of rotatable bonds is 7. The molecule has 2 aromatic heterocycles. The van der Waals surface area contributed by atoms with E-state index in [9.17, 15) is 14.4 Å². The Kier molecular flexibility index (Phi) is 8.95. The standard InChI is InChI=1S/C47H51F2N7O5/c1-24(2)38(54-43(58)60-6)42(57)55-23-46(15-16-46)21-37(55)40-50-22-36(53-40)27-9-13-31-30-12-8-25(18-32(30)47(48,49)33(31)19-27)26-10-14-34-35(20-26)52-41(51-34)39-28-7-11-29(17-28)56(39)44(59)61-45(3,4)5/h8-10,12-14,18-20,22,24,28-29,37-39H,7,11,15-17,21,23H2,1-6H3,(H,50,53)(H,51,52)(H,54,58)/t28-,29-,37+,38-,39+/m1/s1. The van der Waals surface area contributed by atoms with Gasteiger partial charge in [0.2, 0.25) is 5.91 Å². The average Bonchev–Trinajstić information content (AvgIpc) is 3.87. The van der Waals surface area contributed by atoms with Crippen LogP contribution >= 0.6 is 0 Å². The molecule has 0 unspecified atom stereocenters. The number of likely N-dealkylation sites (tertiary alicyclic amines) is 2. The van der Waals surface area contributed by atoms with Crippen LogP contribution in [0.5, 0.6) is 0 Å². The molecule has 0 radical (unpaired) electrons. The second-order valence-corrected chi connectivity index (χ2v) is 19.2. The van der Waals surface area contributed by atoms with Gasteiger partial charge in [-0.15, -0.1) is 0 Å². The number of piperidine rings is 1. The summed E-state index contributed by atoms with van der Waals surface area (Å²) in [5.74, 6) is -2.03. The van der Waals surface area contributed by atoms with Gasteiger partial charge in [-0.2, -0.15) is 8.78 Å². The summed E-state index contributed by atoms with van der Waals surface area (Å²) >= 11 is 0. The van der Waals surface area contributed by atoms with E-state index in [0.717, 1.165) is 60.9 Å². The molecule has 2 saturated carbocycles. The van der Waals surface area contributed by atoms with E-state index in [2.05, 4.69) is 15.3 Å². The van der Waals surface area contributed by atoms with Crippen LogP contribution in [0.3, 0.4) is 0 Å². The maximum atomic E-state index is 16.6. The van der Waals surface area contributed by atoms with E-state index in [1.54, 1.807) is 24.4 Å². The molecule has 4 fully saturated rings. The largest absolute Gasteiger partial charge is 0.453 e. The fourth-order valence-electron chi connectivity index (χ4n) is 10.4. The number of methoxy groups -OCH3 is 1. The van der Waals surface area contributed by atoms with Gasteiger partial charge in [0.05, 0.1) is 42.1 Å². The lowest BCUT2D eigenvalue weighted by atomic mass is 9.98. The van der Waals surface area contributed by atoms with Crippen LogP contribution in [-0.2, 0) is 20.2 Å². The van der Waals surface area contributed by atoms with Gasteiger partial charge in [0.25, 0.3) is 5.92 Å². The Morgan fingerprint density at radius 3 is 2.30 bits per heavy atom. The van der Waals surface area contributed by atoms with Crippen molar-refractivity contribution in [3.63, 3.8) is 0 Å². The number of carbonyl (C=O) groups excluding carboxylic acids is 3. The van der Waals surface area contributed by atoms with Crippen LogP contribution in [0.25, 0.3) is 44.5 Å². The third-order valence-electron chi connectivity index (χ3n) is 13.7. The molecule has 5 atom stereocenters. The fraction of sp³-hybridized carbons (Fsp3) is 0.468. The van der Waals surface area contributed by atoms with Crippen molar-refractivity contribution in [3.05, 3.63) is 83.6 Å². The number of aromatic amines is 2. The maximum Gasteiger partial charge on any atom is 0.411 e. The number of halogens is 2. The highest BCUT2D eigenvalue weighted by Crippen LogP contribution is 2.59. The smallest absolute Gasteiger partial charge is 0.411 e. The zero-order valence-corrected chi connectivity index (χ0v) is 35.3. The molecule has 5 aromatic rings. The fourth-order valence-corrected chi connectivity index (χ4v) is 10.4. The molecular formula is C47H51F2N7O5. The molecule has 3 amide bonds. The van der Waals surface area contributed by atoms with Crippen molar-refractivity contribution in [1.82, 2.24) is 35.1 Å². The van der Waals surface area contributed by atoms with E-state index >= 15 is 8.78 Å². The molecular weight excluding hydrogens is 781 g/mol. The van der Waals surface area contributed by atoms with Crippen molar-refractivity contribution in [2.24, 2.45) is 17.3 Å². The van der Waals surface area contributed by atoms with Gasteiger partial charge in [-0.1, -0.05) is 44.2 Å². The minimum atomic E-state index is -3.26. The molecule has 5 aliphatic rings. The van der Waals surface area contributed by atoms with Gasteiger partial charge in [-0.25, -0.2) is 19.6 Å². The van der Waals surface area contributed by atoms with Crippen LogP contribution in [0.1, 0.15) is 108 Å². The first-order chi connectivity index (χ1) is 29.0. The average molecular weight is 832 g/mol. The third-order valence-corrected chi connectivity index (χ3v) is 13.7. The first-order valence-corrected chi connectivity index (χ1v) is 21.4. The quantitative estimate of drug-likeness (QED) is 0.148. The van der Waals surface area contributed by atoms with Crippen LogP contribution < -0.4 is 5.32 Å². The van der Waals surface area contributed by atoms with Crippen LogP contribution in [0.15, 0.2) is 60.8 Å². The lowest BCUT2D eigenvalue weighted by Crippen LogP contribution is -2.51. The monoisotopic (exact) mass is 831 g/mol. The number of benzene rings is 3. The van der Waals surface area contributed by atoms with Crippen LogP contribution in [0, 0.1) is 17.3 Å². The Labute approximate surface area is 352 Å². The zero-order valence-electron chi connectivity index (χ0n) is 35.3. The number of amides is 3. The van der Waals surface area contributed by atoms with Crippen molar-refractivity contribution in [3.8, 4) is 33.5 Å². The maximum absolute atomic E-state index is 16.6. The SMILES string of the molecule is COC(=O)N[C@@H](C(=O)N1CC2(CC2)C[C@H]1c1ncc(-c2ccc3c(c2)C(F)(F)c2cc(-c4ccc5nc([C@@H]6[C@@H]7CC[C@H](C7)N6C(=O)OC(C)(C)C)[nH]c5c4)ccc2-3)[nH]1)C(C)C. The number of aromatic nitrogens is 4. The Bertz CT molecular complexity index is 2610. The number of nitrogens with zero attached hydrogens (tertiary/aromatic N) is 4. The molecule has 3 N–H and O–H groups in total. The minimum Gasteiger partial charge on any atom is -0.453 e. The first kappa shape index (κ1) is 39.4. The molecule has 2 bridgehead atoms. The van der Waals surface area contributed by atoms with E-state index in [1.807, 2.05) is 74.8 Å². The molecule has 10 rings (SSSR count). The Morgan fingerprint density at radius 1 is 0.918 bits per heavy atom. The van der Waals surface area contributed by atoms with E-state index < -0.39 is 23.7 Å². The van der Waals surface area contributed by atoms with Crippen molar-refractivity contribution in [2.45, 2.75) is 109 Å². The van der Waals surface area contributed by atoms with Crippen molar-refractivity contribution in [1.29, 1.82) is 0 Å². The van der Waals surface area contributed by atoms with Gasteiger partial charge in [0.15, 0.2) is 0 Å². The van der Waals surface area contributed by atoms with Gasteiger partial charge in [-0.3, -0.25) is 9.69 Å². The van der Waals surface area contributed by atoms with Crippen LogP contribution in [0.2, 0.25) is 0 Å². The van der Waals surface area contributed by atoms with E-state index in [4.69, 9.17) is 19.4 Å². The Morgan fingerprint density at radius 2 is 1.61 bits per heavy atom. The minimum absolute atomic E-state index is 0.0215. The summed E-state index contributed by atoms with van der Waals surface area (Å²) in [6.07, 6.45) is 6.30. The lowest BCUT2D eigenvalue weighted by Gasteiger charge is -2.35. The van der Waals surface area contributed by atoms with Crippen molar-refractivity contribution >= 4 is 29.1 Å². The highest BCUT2D eigenvalue weighted by molar-refractivity contribution is 5.88. The second kappa shape index (κ2) is 13.9. The number of alkyl halides is 2. The molecule has 14 heteroatoms. The van der Waals surface area contributed by atoms with Gasteiger partial charge in [-0.05, 0) is 123 Å². The zero-order chi connectivity index (χ0) is 42.7. The summed E-state index contributed by atoms with van der Waals surface area (Å²) in [5, 5.41) is 2.70. The molecule has 1 spiro atoms. The normalized spacial score (nSPS) is 23.4. The topological polar surface area (TPSA) is 146 Å². The number of imidazole rings is 2. The molecule has 12 nitrogen and oxygen atoms in total. The van der Waals surface area contributed by atoms with E-state index in [-0.39, 0.29) is 58.5 Å². The number of carbonyl (C=O) groups is 3. The number of hydrogen-bond donors (Lipinski definition) is 3. The summed E-state index contributed by atoms with van der Waals surface area (Å²) in [5.41, 5.74) is 4.32. The number of alkyl carbamates (subject to hydrolysis) is 1. The van der Waals surface area contributed by atoms with E-state index in [0.29, 0.717) is 40.3 Å². The summed E-state index contributed by atoms with van der Waals surface area (Å²) < 4.78 is 43.8. The highest BCUT2D eigenvalue weighted by atomic mass is 19.3. The summed E-state index contributed by atoms with van der Waals surface area (Å²) in [7, 11) is 1.27. The predicted octanol–water partition coefficient (Wildman–Crippen LogP) is 9.64. The molecule has 318 valence electrons. The Hall–Kier alpha value is -5.79. The first-order valence-electron chi connectivity index (χ1n) is 21.4. The van der Waals surface area contributed by atoms with Crippen molar-refractivity contribution < 1.29 is 32.6 Å². The summed E-state index contributed by atoms with van der Waals surface area (Å²) in [4.78, 5) is 59.6. The highest BCUT2D eigenvalue weighted by Gasteiger charge is 2.55. The van der Waals surface area contributed by atoms with E-state index in [1.165, 1.54) is 13.2 Å². The predicted molar refractivity (Wildman–Crippen MR) is 224 cm³/mol. The van der Waals surface area contributed by atoms with Crippen molar-refractivity contribution in [2.75, 3.05) is 13.7 Å². The third kappa shape index (κ3) is 6.64. The van der Waals surface area contributed by atoms with Crippen LogP contribution in [-0.4, -0.2) is 79.2 Å². The number of hydrogen-bond acceptors (Lipinski definition) is 7. The van der Waals surface area contributed by atoms with Crippen LogP contribution in [0.4, 0.5) is 18.4 Å².